The van der Waals surface area contributed by atoms with Crippen LogP contribution in [0, 0.1) is 6.92 Å². The zero-order valence-corrected chi connectivity index (χ0v) is 9.86. The van der Waals surface area contributed by atoms with Crippen molar-refractivity contribution in [1.82, 2.24) is 20.3 Å². The van der Waals surface area contributed by atoms with Gasteiger partial charge in [-0.3, -0.25) is 0 Å². The van der Waals surface area contributed by atoms with Crippen molar-refractivity contribution in [3.63, 3.8) is 0 Å². The van der Waals surface area contributed by atoms with Crippen molar-refractivity contribution in [1.29, 1.82) is 0 Å². The van der Waals surface area contributed by atoms with Gasteiger partial charge in [-0.05, 0) is 13.0 Å². The molecule has 0 saturated heterocycles. The summed E-state index contributed by atoms with van der Waals surface area (Å²) in [6.07, 6.45) is 1.52. The van der Waals surface area contributed by atoms with Crippen molar-refractivity contribution in [2.45, 2.75) is 13.5 Å². The number of aromatic nitrogens is 4. The van der Waals surface area contributed by atoms with Crippen LogP contribution in [-0.4, -0.2) is 25.3 Å². The van der Waals surface area contributed by atoms with Crippen LogP contribution in [0.25, 0.3) is 0 Å². The van der Waals surface area contributed by atoms with Gasteiger partial charge in [0.1, 0.15) is 4.99 Å². The molecule has 88 valence electrons. The molecule has 2 aromatic rings. The van der Waals surface area contributed by atoms with Crippen molar-refractivity contribution >= 4 is 23.0 Å². The Morgan fingerprint density at radius 3 is 3.06 bits per heavy atom. The van der Waals surface area contributed by atoms with Crippen LogP contribution < -0.4 is 11.1 Å². The molecular weight excluding hydrogens is 240 g/mol. The topological polar surface area (TPSA) is 103 Å². The minimum absolute atomic E-state index is 0.254. The standard InChI is InChI=1S/C9H10N6OS/c1-5-13-7(16-15-5)4-11-9-6(8(10)17)2-3-12-14-9/h2-3H,4H2,1H3,(H2,10,17)(H,11,14). The third-order valence-corrected chi connectivity index (χ3v) is 2.18. The van der Waals surface area contributed by atoms with Crippen LogP contribution in [0.2, 0.25) is 0 Å². The highest BCUT2D eigenvalue weighted by Crippen LogP contribution is 2.11. The van der Waals surface area contributed by atoms with Gasteiger partial charge in [0, 0.05) is 0 Å². The number of thiocarbonyl (C=S) groups is 1. The zero-order chi connectivity index (χ0) is 12.3. The minimum Gasteiger partial charge on any atom is -0.389 e. The number of nitrogens with two attached hydrogens (primary N) is 1. The summed E-state index contributed by atoms with van der Waals surface area (Å²) < 4.78 is 4.95. The van der Waals surface area contributed by atoms with Crippen LogP contribution in [0.4, 0.5) is 5.82 Å². The van der Waals surface area contributed by atoms with Crippen molar-refractivity contribution in [2.24, 2.45) is 5.73 Å². The summed E-state index contributed by atoms with van der Waals surface area (Å²) in [6, 6.07) is 1.69. The van der Waals surface area contributed by atoms with Gasteiger partial charge in [0.25, 0.3) is 0 Å². The second-order valence-corrected chi connectivity index (χ2v) is 3.69. The van der Waals surface area contributed by atoms with Crippen LogP contribution in [0.5, 0.6) is 0 Å². The molecule has 0 unspecified atom stereocenters. The summed E-state index contributed by atoms with van der Waals surface area (Å²) >= 11 is 4.90. The molecule has 2 aromatic heterocycles. The average molecular weight is 250 g/mol. The molecule has 0 bridgehead atoms. The van der Waals surface area contributed by atoms with Crippen LogP contribution in [0.15, 0.2) is 16.8 Å². The summed E-state index contributed by atoms with van der Waals surface area (Å²) in [4.78, 5) is 4.30. The van der Waals surface area contributed by atoms with Gasteiger partial charge in [0.15, 0.2) is 11.6 Å². The Kier molecular flexibility index (Phi) is 3.24. The number of rotatable bonds is 4. The van der Waals surface area contributed by atoms with E-state index in [1.165, 1.54) is 6.20 Å². The fourth-order valence-electron chi connectivity index (χ4n) is 1.23. The molecule has 0 aliphatic heterocycles. The Hall–Kier alpha value is -2.09. The Morgan fingerprint density at radius 1 is 1.59 bits per heavy atom. The predicted molar refractivity (Wildman–Crippen MR) is 64.3 cm³/mol. The number of hydrogen-bond donors (Lipinski definition) is 2. The second kappa shape index (κ2) is 4.83. The van der Waals surface area contributed by atoms with Crippen LogP contribution in [-0.2, 0) is 6.54 Å². The summed E-state index contributed by atoms with van der Waals surface area (Å²) in [6.45, 7) is 2.09. The van der Waals surface area contributed by atoms with Crippen molar-refractivity contribution in [2.75, 3.05) is 5.32 Å². The fraction of sp³-hybridized carbons (Fsp3) is 0.222. The lowest BCUT2D eigenvalue weighted by atomic mass is 10.3. The lowest BCUT2D eigenvalue weighted by Gasteiger charge is -2.06. The van der Waals surface area contributed by atoms with Crippen molar-refractivity contribution in [3.8, 4) is 0 Å². The zero-order valence-electron chi connectivity index (χ0n) is 9.04. The quantitative estimate of drug-likeness (QED) is 0.752. The van der Waals surface area contributed by atoms with Gasteiger partial charge < -0.3 is 15.6 Å². The van der Waals surface area contributed by atoms with Gasteiger partial charge in [-0.1, -0.05) is 17.4 Å². The second-order valence-electron chi connectivity index (χ2n) is 3.25. The molecule has 17 heavy (non-hydrogen) atoms. The van der Waals surface area contributed by atoms with Gasteiger partial charge in [0.2, 0.25) is 5.89 Å². The van der Waals surface area contributed by atoms with Crippen molar-refractivity contribution < 1.29 is 4.52 Å². The van der Waals surface area contributed by atoms with Crippen LogP contribution in [0.3, 0.4) is 0 Å². The third kappa shape index (κ3) is 2.72. The van der Waals surface area contributed by atoms with Crippen molar-refractivity contribution in [3.05, 3.63) is 29.5 Å². The molecule has 0 aliphatic carbocycles. The van der Waals surface area contributed by atoms with Crippen LogP contribution in [0.1, 0.15) is 17.3 Å². The van der Waals surface area contributed by atoms with Gasteiger partial charge in [-0.2, -0.15) is 10.1 Å². The number of hydrogen-bond acceptors (Lipinski definition) is 7. The van der Waals surface area contributed by atoms with Gasteiger partial charge in [0.05, 0.1) is 18.3 Å². The first kappa shape index (κ1) is 11.4. The molecule has 3 N–H and O–H groups in total. The number of aryl methyl sites for hydroxylation is 1. The molecule has 0 fully saturated rings. The maximum atomic E-state index is 5.56. The average Bonchev–Trinajstić information content (AvgIpc) is 2.73. The minimum atomic E-state index is 0.254. The largest absolute Gasteiger partial charge is 0.389 e. The molecular formula is C9H10N6OS. The SMILES string of the molecule is Cc1noc(CNc2nnccc2C(N)=S)n1. The van der Waals surface area contributed by atoms with E-state index < -0.39 is 0 Å². The van der Waals surface area contributed by atoms with E-state index in [0.717, 1.165) is 0 Å². The molecule has 0 atom stereocenters. The monoisotopic (exact) mass is 250 g/mol. The van der Waals surface area contributed by atoms with E-state index in [0.29, 0.717) is 29.6 Å². The highest BCUT2D eigenvalue weighted by atomic mass is 32.1. The fourth-order valence-corrected chi connectivity index (χ4v) is 1.40. The Morgan fingerprint density at radius 2 is 2.41 bits per heavy atom. The molecule has 0 aromatic carbocycles. The summed E-state index contributed by atoms with van der Waals surface area (Å²) in [5.41, 5.74) is 6.19. The maximum Gasteiger partial charge on any atom is 0.245 e. The van der Waals surface area contributed by atoms with E-state index in [2.05, 4.69) is 25.7 Å². The van der Waals surface area contributed by atoms with E-state index >= 15 is 0 Å². The molecule has 7 nitrogen and oxygen atoms in total. The van der Waals surface area contributed by atoms with E-state index in [1.54, 1.807) is 13.0 Å². The summed E-state index contributed by atoms with van der Waals surface area (Å²) in [7, 11) is 0. The van der Waals surface area contributed by atoms with Crippen LogP contribution >= 0.6 is 12.2 Å². The number of nitrogens with one attached hydrogen (secondary N) is 1. The smallest absolute Gasteiger partial charge is 0.245 e. The van der Waals surface area contributed by atoms with Gasteiger partial charge >= 0.3 is 0 Å². The molecule has 0 spiro atoms. The third-order valence-electron chi connectivity index (χ3n) is 1.96. The molecule has 2 rings (SSSR count). The molecule has 0 aliphatic rings. The first-order valence-electron chi connectivity index (χ1n) is 4.81. The Labute approximate surface area is 102 Å². The number of nitrogens with zero attached hydrogens (tertiary/aromatic N) is 4. The number of anilines is 1. The van der Waals surface area contributed by atoms with E-state index in [9.17, 15) is 0 Å². The molecule has 0 saturated carbocycles. The van der Waals surface area contributed by atoms with E-state index in [-0.39, 0.29) is 4.99 Å². The Balaban J connectivity index is 2.11. The Bertz CT molecular complexity index is 540. The molecule has 2 heterocycles. The highest BCUT2D eigenvalue weighted by Gasteiger charge is 2.08. The summed E-state index contributed by atoms with van der Waals surface area (Å²) in [5, 5.41) is 14.3. The normalized spacial score (nSPS) is 10.2. The molecule has 8 heteroatoms. The first-order valence-corrected chi connectivity index (χ1v) is 5.22. The lowest BCUT2D eigenvalue weighted by molar-refractivity contribution is 0.379. The first-order chi connectivity index (χ1) is 8.16. The maximum absolute atomic E-state index is 5.56. The molecule has 0 amide bonds. The van der Waals surface area contributed by atoms with Gasteiger partial charge in [-0.15, -0.1) is 5.10 Å². The lowest BCUT2D eigenvalue weighted by Crippen LogP contribution is -2.15. The highest BCUT2D eigenvalue weighted by molar-refractivity contribution is 7.80. The summed E-state index contributed by atoms with van der Waals surface area (Å²) in [5.74, 6) is 1.54. The molecule has 0 radical (unpaired) electrons. The van der Waals surface area contributed by atoms with Gasteiger partial charge in [-0.25, -0.2) is 0 Å². The predicted octanol–water partition coefficient (Wildman–Crippen LogP) is 0.414. The van der Waals surface area contributed by atoms with E-state index in [1.807, 2.05) is 0 Å². The van der Waals surface area contributed by atoms with E-state index in [4.69, 9.17) is 22.5 Å².